The summed E-state index contributed by atoms with van der Waals surface area (Å²) in [6.45, 7) is 0.235. The summed E-state index contributed by atoms with van der Waals surface area (Å²) in [7, 11) is 0. The Morgan fingerprint density at radius 2 is 1.75 bits per heavy atom. The summed E-state index contributed by atoms with van der Waals surface area (Å²) in [5.41, 5.74) is 2.54. The normalized spacial score (nSPS) is 22.5. The van der Waals surface area contributed by atoms with Gasteiger partial charge in [0.15, 0.2) is 0 Å². The summed E-state index contributed by atoms with van der Waals surface area (Å²) >= 11 is 6.22. The van der Waals surface area contributed by atoms with Gasteiger partial charge in [-0.3, -0.25) is 0 Å². The maximum atomic E-state index is 9.71. The SMILES string of the molecule is OCC(Cc1ccccc1Cl)C1CC1c1ccccc1. The quantitative estimate of drug-likeness (QED) is 0.869. The van der Waals surface area contributed by atoms with Crippen molar-refractivity contribution < 1.29 is 5.11 Å². The summed E-state index contributed by atoms with van der Waals surface area (Å²) in [6.07, 6.45) is 2.05. The predicted molar refractivity (Wildman–Crippen MR) is 83.0 cm³/mol. The number of halogens is 1. The molecule has 0 amide bonds. The van der Waals surface area contributed by atoms with Gasteiger partial charge in [0.05, 0.1) is 0 Å². The van der Waals surface area contributed by atoms with Crippen LogP contribution in [0.1, 0.15) is 23.5 Å². The molecule has 0 aromatic heterocycles. The van der Waals surface area contributed by atoms with Crippen molar-refractivity contribution in [1.82, 2.24) is 0 Å². The first kappa shape index (κ1) is 13.7. The molecule has 1 fully saturated rings. The minimum atomic E-state index is 0.235. The minimum absolute atomic E-state index is 0.235. The second-order valence-electron chi connectivity index (χ2n) is 5.65. The summed E-state index contributed by atoms with van der Waals surface area (Å²) < 4.78 is 0. The van der Waals surface area contributed by atoms with Gasteiger partial charge in [-0.1, -0.05) is 60.1 Å². The van der Waals surface area contributed by atoms with Crippen LogP contribution in [0.3, 0.4) is 0 Å². The molecule has 20 heavy (non-hydrogen) atoms. The van der Waals surface area contributed by atoms with Crippen LogP contribution in [0, 0.1) is 11.8 Å². The van der Waals surface area contributed by atoms with E-state index in [1.165, 1.54) is 12.0 Å². The Bertz CT molecular complexity index is 567. The van der Waals surface area contributed by atoms with E-state index in [2.05, 4.69) is 30.3 Å². The molecular weight excluding hydrogens is 268 g/mol. The number of hydrogen-bond donors (Lipinski definition) is 1. The predicted octanol–water partition coefficient (Wildman–Crippen LogP) is 4.29. The van der Waals surface area contributed by atoms with Gasteiger partial charge in [0.2, 0.25) is 0 Å². The number of aliphatic hydroxyl groups is 1. The molecule has 3 atom stereocenters. The van der Waals surface area contributed by atoms with E-state index in [0.29, 0.717) is 17.8 Å². The maximum absolute atomic E-state index is 9.71. The summed E-state index contributed by atoms with van der Waals surface area (Å²) in [5.74, 6) is 1.50. The fourth-order valence-electron chi connectivity index (χ4n) is 3.12. The van der Waals surface area contributed by atoms with Crippen LogP contribution in [0.2, 0.25) is 5.02 Å². The molecule has 0 saturated heterocycles. The van der Waals surface area contributed by atoms with E-state index in [0.717, 1.165) is 17.0 Å². The van der Waals surface area contributed by atoms with E-state index in [9.17, 15) is 5.11 Å². The largest absolute Gasteiger partial charge is 0.396 e. The molecule has 0 radical (unpaired) electrons. The fourth-order valence-corrected chi connectivity index (χ4v) is 3.33. The Kier molecular flexibility index (Phi) is 4.09. The Morgan fingerprint density at radius 3 is 2.45 bits per heavy atom. The molecule has 2 heteroatoms. The van der Waals surface area contributed by atoms with Gasteiger partial charge >= 0.3 is 0 Å². The molecule has 1 aliphatic rings. The highest BCUT2D eigenvalue weighted by molar-refractivity contribution is 6.31. The van der Waals surface area contributed by atoms with Crippen molar-refractivity contribution in [3.05, 3.63) is 70.7 Å². The van der Waals surface area contributed by atoms with Gasteiger partial charge in [-0.15, -0.1) is 0 Å². The molecule has 3 rings (SSSR count). The first-order chi connectivity index (χ1) is 9.79. The van der Waals surface area contributed by atoms with Gasteiger partial charge in [0, 0.05) is 11.6 Å². The van der Waals surface area contributed by atoms with Crippen LogP contribution < -0.4 is 0 Å². The summed E-state index contributed by atoms with van der Waals surface area (Å²) in [4.78, 5) is 0. The second-order valence-corrected chi connectivity index (χ2v) is 6.06. The van der Waals surface area contributed by atoms with E-state index in [-0.39, 0.29) is 6.61 Å². The Balaban J connectivity index is 1.69. The van der Waals surface area contributed by atoms with Crippen LogP contribution in [0.15, 0.2) is 54.6 Å². The molecule has 2 aromatic carbocycles. The Hall–Kier alpha value is -1.31. The monoisotopic (exact) mass is 286 g/mol. The van der Waals surface area contributed by atoms with Crippen LogP contribution in [-0.2, 0) is 6.42 Å². The zero-order valence-electron chi connectivity index (χ0n) is 11.4. The second kappa shape index (κ2) is 5.99. The van der Waals surface area contributed by atoms with E-state index >= 15 is 0 Å². The first-order valence-electron chi connectivity index (χ1n) is 7.19. The van der Waals surface area contributed by atoms with Gasteiger partial charge in [0.25, 0.3) is 0 Å². The summed E-state index contributed by atoms with van der Waals surface area (Å²) in [6, 6.07) is 18.6. The topological polar surface area (TPSA) is 20.2 Å². The third-order valence-electron chi connectivity index (χ3n) is 4.35. The molecule has 3 unspecified atom stereocenters. The minimum Gasteiger partial charge on any atom is -0.396 e. The fraction of sp³-hybridized carbons (Fsp3) is 0.333. The van der Waals surface area contributed by atoms with Crippen LogP contribution in [0.4, 0.5) is 0 Å². The number of rotatable bonds is 5. The van der Waals surface area contributed by atoms with Crippen molar-refractivity contribution >= 4 is 11.6 Å². The number of hydrogen-bond acceptors (Lipinski definition) is 1. The van der Waals surface area contributed by atoms with Gasteiger partial charge < -0.3 is 5.11 Å². The van der Waals surface area contributed by atoms with Crippen LogP contribution in [0.5, 0.6) is 0 Å². The Morgan fingerprint density at radius 1 is 1.05 bits per heavy atom. The lowest BCUT2D eigenvalue weighted by Crippen LogP contribution is -2.13. The van der Waals surface area contributed by atoms with Crippen LogP contribution in [-0.4, -0.2) is 11.7 Å². The van der Waals surface area contributed by atoms with Crippen molar-refractivity contribution in [3.8, 4) is 0 Å². The zero-order chi connectivity index (χ0) is 13.9. The maximum Gasteiger partial charge on any atom is 0.0465 e. The molecule has 0 aliphatic heterocycles. The molecule has 0 spiro atoms. The highest BCUT2D eigenvalue weighted by atomic mass is 35.5. The van der Waals surface area contributed by atoms with Crippen molar-refractivity contribution in [1.29, 1.82) is 0 Å². The zero-order valence-corrected chi connectivity index (χ0v) is 12.1. The van der Waals surface area contributed by atoms with E-state index < -0.39 is 0 Å². The van der Waals surface area contributed by atoms with E-state index in [1.54, 1.807) is 0 Å². The van der Waals surface area contributed by atoms with Gasteiger partial charge in [-0.05, 0) is 47.8 Å². The average molecular weight is 287 g/mol. The molecule has 2 aromatic rings. The highest BCUT2D eigenvalue weighted by Gasteiger charge is 2.43. The molecule has 1 N–H and O–H groups in total. The van der Waals surface area contributed by atoms with Gasteiger partial charge in [0.1, 0.15) is 0 Å². The lowest BCUT2D eigenvalue weighted by Gasteiger charge is -2.15. The summed E-state index contributed by atoms with van der Waals surface area (Å²) in [5, 5.41) is 10.5. The van der Waals surface area contributed by atoms with Crippen molar-refractivity contribution in [2.45, 2.75) is 18.8 Å². The van der Waals surface area contributed by atoms with Crippen LogP contribution in [0.25, 0.3) is 0 Å². The third kappa shape index (κ3) is 2.89. The third-order valence-corrected chi connectivity index (χ3v) is 4.72. The smallest absolute Gasteiger partial charge is 0.0465 e. The number of aliphatic hydroxyl groups excluding tert-OH is 1. The van der Waals surface area contributed by atoms with Gasteiger partial charge in [-0.25, -0.2) is 0 Å². The molecule has 104 valence electrons. The first-order valence-corrected chi connectivity index (χ1v) is 7.56. The lowest BCUT2D eigenvalue weighted by atomic mass is 9.93. The molecular formula is C18H19ClO. The van der Waals surface area contributed by atoms with E-state index in [4.69, 9.17) is 11.6 Å². The molecule has 1 nitrogen and oxygen atoms in total. The molecule has 0 bridgehead atoms. The van der Waals surface area contributed by atoms with Crippen LogP contribution >= 0.6 is 11.6 Å². The van der Waals surface area contributed by atoms with Crippen molar-refractivity contribution in [3.63, 3.8) is 0 Å². The van der Waals surface area contributed by atoms with Crippen molar-refractivity contribution in [2.75, 3.05) is 6.61 Å². The lowest BCUT2D eigenvalue weighted by molar-refractivity contribution is 0.207. The van der Waals surface area contributed by atoms with E-state index in [1.807, 2.05) is 24.3 Å². The number of benzene rings is 2. The van der Waals surface area contributed by atoms with Gasteiger partial charge in [-0.2, -0.15) is 0 Å². The molecule has 0 heterocycles. The standard InChI is InChI=1S/C18H19ClO/c19-18-9-5-4-8-14(18)10-15(12-20)17-11-16(17)13-6-2-1-3-7-13/h1-9,15-17,20H,10-12H2. The molecule has 1 aliphatic carbocycles. The highest BCUT2D eigenvalue weighted by Crippen LogP contribution is 2.52. The average Bonchev–Trinajstić information content (AvgIpc) is 3.28. The molecule has 1 saturated carbocycles. The Labute approximate surface area is 125 Å². The van der Waals surface area contributed by atoms with Crippen molar-refractivity contribution in [2.24, 2.45) is 11.8 Å².